The molecule has 2 amide bonds. The van der Waals surface area contributed by atoms with E-state index >= 15 is 0 Å². The van der Waals surface area contributed by atoms with Gasteiger partial charge in [-0.25, -0.2) is 0 Å². The van der Waals surface area contributed by atoms with E-state index in [9.17, 15) is 9.59 Å². The Hall–Kier alpha value is -2.04. The lowest BCUT2D eigenvalue weighted by atomic mass is 10.1. The number of amides is 2. The summed E-state index contributed by atoms with van der Waals surface area (Å²) in [5.74, 6) is 0.866. The number of fused-ring (bicyclic) bond motifs is 1. The molecule has 18 heavy (non-hydrogen) atoms. The van der Waals surface area contributed by atoms with Crippen molar-refractivity contribution >= 4 is 17.5 Å². The average Bonchev–Trinajstić information content (AvgIpc) is 3.20. The molecule has 1 saturated carbocycles. The van der Waals surface area contributed by atoms with Gasteiger partial charge < -0.3 is 15.4 Å². The van der Waals surface area contributed by atoms with Gasteiger partial charge in [-0.2, -0.15) is 0 Å². The zero-order chi connectivity index (χ0) is 12.5. The van der Waals surface area contributed by atoms with E-state index in [1.807, 2.05) is 12.1 Å². The third-order valence-corrected chi connectivity index (χ3v) is 3.09. The Kier molecular flexibility index (Phi) is 2.66. The van der Waals surface area contributed by atoms with Gasteiger partial charge in [-0.05, 0) is 30.5 Å². The van der Waals surface area contributed by atoms with Crippen LogP contribution in [-0.2, 0) is 16.1 Å². The summed E-state index contributed by atoms with van der Waals surface area (Å²) >= 11 is 0. The van der Waals surface area contributed by atoms with Crippen molar-refractivity contribution < 1.29 is 14.3 Å². The summed E-state index contributed by atoms with van der Waals surface area (Å²) in [6.07, 6.45) is 2.01. The van der Waals surface area contributed by atoms with E-state index in [2.05, 4.69) is 10.6 Å². The fourth-order valence-electron chi connectivity index (χ4n) is 1.91. The predicted molar refractivity (Wildman–Crippen MR) is 65.1 cm³/mol. The van der Waals surface area contributed by atoms with Gasteiger partial charge in [-0.1, -0.05) is 6.07 Å². The summed E-state index contributed by atoms with van der Waals surface area (Å²) in [5, 5.41) is 5.62. The van der Waals surface area contributed by atoms with Crippen LogP contribution in [0.3, 0.4) is 0 Å². The number of nitrogens with one attached hydrogen (secondary N) is 2. The van der Waals surface area contributed by atoms with Gasteiger partial charge in [-0.15, -0.1) is 0 Å². The van der Waals surface area contributed by atoms with Crippen LogP contribution in [0.25, 0.3) is 0 Å². The zero-order valence-electron chi connectivity index (χ0n) is 9.86. The Balaban J connectivity index is 1.66. The van der Waals surface area contributed by atoms with Crippen molar-refractivity contribution in [3.63, 3.8) is 0 Å². The molecule has 0 aromatic heterocycles. The molecule has 2 N–H and O–H groups in total. The van der Waals surface area contributed by atoms with Gasteiger partial charge in [0.25, 0.3) is 5.91 Å². The second-order valence-corrected chi connectivity index (χ2v) is 4.66. The van der Waals surface area contributed by atoms with Crippen molar-refractivity contribution in [2.24, 2.45) is 5.92 Å². The van der Waals surface area contributed by atoms with Gasteiger partial charge in [0.1, 0.15) is 5.75 Å². The number of anilines is 1. The van der Waals surface area contributed by atoms with Crippen molar-refractivity contribution in [1.29, 1.82) is 0 Å². The molecule has 1 heterocycles. The van der Waals surface area contributed by atoms with Crippen LogP contribution in [-0.4, -0.2) is 18.4 Å². The number of benzene rings is 1. The molecule has 5 heteroatoms. The molecule has 3 rings (SSSR count). The summed E-state index contributed by atoms with van der Waals surface area (Å²) in [6.45, 7) is 0.546. The summed E-state index contributed by atoms with van der Waals surface area (Å²) in [4.78, 5) is 22.6. The lowest BCUT2D eigenvalue weighted by Gasteiger charge is -2.18. The molecule has 1 aromatic carbocycles. The lowest BCUT2D eigenvalue weighted by Crippen LogP contribution is -2.26. The predicted octanol–water partition coefficient (Wildman–Crippen LogP) is 1.04. The first kappa shape index (κ1) is 11.1. The number of rotatable bonds is 3. The summed E-state index contributed by atoms with van der Waals surface area (Å²) in [5.41, 5.74) is 1.66. The van der Waals surface area contributed by atoms with Crippen LogP contribution in [0.5, 0.6) is 5.75 Å². The number of hydrogen-bond donors (Lipinski definition) is 2. The largest absolute Gasteiger partial charge is 0.482 e. The monoisotopic (exact) mass is 246 g/mol. The summed E-state index contributed by atoms with van der Waals surface area (Å²) < 4.78 is 5.32. The van der Waals surface area contributed by atoms with Crippen molar-refractivity contribution in [3.8, 4) is 5.75 Å². The van der Waals surface area contributed by atoms with Gasteiger partial charge in [0.2, 0.25) is 5.91 Å². The summed E-state index contributed by atoms with van der Waals surface area (Å²) in [6, 6.07) is 5.52. The SMILES string of the molecule is O=C1COc2cc(CNC(=O)C3CC3)ccc2N1. The van der Waals surface area contributed by atoms with Crippen LogP contribution in [0.15, 0.2) is 18.2 Å². The molecule has 0 unspecified atom stereocenters. The third kappa shape index (κ3) is 2.30. The van der Waals surface area contributed by atoms with Crippen LogP contribution in [0, 0.1) is 5.92 Å². The van der Waals surface area contributed by atoms with Gasteiger partial charge >= 0.3 is 0 Å². The molecule has 0 bridgehead atoms. The van der Waals surface area contributed by atoms with Gasteiger partial charge in [0, 0.05) is 12.5 Å². The van der Waals surface area contributed by atoms with E-state index in [1.54, 1.807) is 6.07 Å². The van der Waals surface area contributed by atoms with Crippen molar-refractivity contribution in [2.45, 2.75) is 19.4 Å². The van der Waals surface area contributed by atoms with Gasteiger partial charge in [0.15, 0.2) is 6.61 Å². The lowest BCUT2D eigenvalue weighted by molar-refractivity contribution is -0.122. The maximum absolute atomic E-state index is 11.5. The van der Waals surface area contributed by atoms with Crippen molar-refractivity contribution in [1.82, 2.24) is 5.32 Å². The highest BCUT2D eigenvalue weighted by atomic mass is 16.5. The minimum atomic E-state index is -0.141. The minimum absolute atomic E-state index is 0.0465. The molecule has 0 saturated heterocycles. The molecule has 1 fully saturated rings. The second-order valence-electron chi connectivity index (χ2n) is 4.66. The maximum atomic E-state index is 11.5. The van der Waals surface area contributed by atoms with Crippen LogP contribution < -0.4 is 15.4 Å². The van der Waals surface area contributed by atoms with E-state index in [1.165, 1.54) is 0 Å². The summed E-state index contributed by atoms with van der Waals surface area (Å²) in [7, 11) is 0. The Morgan fingerprint density at radius 2 is 2.28 bits per heavy atom. The first-order chi connectivity index (χ1) is 8.72. The fourth-order valence-corrected chi connectivity index (χ4v) is 1.91. The molecule has 5 nitrogen and oxygen atoms in total. The van der Waals surface area contributed by atoms with Gasteiger partial charge in [0.05, 0.1) is 5.69 Å². The molecular formula is C13H14N2O3. The molecule has 0 atom stereocenters. The van der Waals surface area contributed by atoms with E-state index < -0.39 is 0 Å². The highest BCUT2D eigenvalue weighted by molar-refractivity contribution is 5.95. The molecule has 1 aliphatic heterocycles. The average molecular weight is 246 g/mol. The molecule has 0 spiro atoms. The van der Waals surface area contributed by atoms with Crippen molar-refractivity contribution in [2.75, 3.05) is 11.9 Å². The van der Waals surface area contributed by atoms with Crippen molar-refractivity contribution in [3.05, 3.63) is 23.8 Å². The Morgan fingerprint density at radius 3 is 3.06 bits per heavy atom. The fraction of sp³-hybridized carbons (Fsp3) is 0.385. The van der Waals surface area contributed by atoms with E-state index in [4.69, 9.17) is 4.74 Å². The van der Waals surface area contributed by atoms with E-state index in [0.29, 0.717) is 18.0 Å². The Morgan fingerprint density at radius 1 is 1.44 bits per heavy atom. The second kappa shape index (κ2) is 4.33. The van der Waals surface area contributed by atoms with Gasteiger partial charge in [-0.3, -0.25) is 9.59 Å². The Labute approximate surface area is 105 Å². The first-order valence-electron chi connectivity index (χ1n) is 6.05. The van der Waals surface area contributed by atoms with Crippen LogP contribution in [0.1, 0.15) is 18.4 Å². The molecule has 0 radical (unpaired) electrons. The van der Waals surface area contributed by atoms with Crippen LogP contribution >= 0.6 is 0 Å². The number of carbonyl (C=O) groups is 2. The maximum Gasteiger partial charge on any atom is 0.262 e. The van der Waals surface area contributed by atoms with Crippen LogP contribution in [0.2, 0.25) is 0 Å². The normalized spacial score (nSPS) is 17.4. The molecule has 1 aromatic rings. The number of carbonyl (C=O) groups excluding carboxylic acids is 2. The highest BCUT2D eigenvalue weighted by Crippen LogP contribution is 2.30. The smallest absolute Gasteiger partial charge is 0.262 e. The third-order valence-electron chi connectivity index (χ3n) is 3.09. The molecule has 2 aliphatic rings. The minimum Gasteiger partial charge on any atom is -0.482 e. The quantitative estimate of drug-likeness (QED) is 0.837. The standard InChI is InChI=1S/C13H14N2O3/c16-12-7-18-11-5-8(1-4-10(11)15-12)6-14-13(17)9-2-3-9/h1,4-5,9H,2-3,6-7H2,(H,14,17)(H,15,16). The molecule has 94 valence electrons. The molecule has 1 aliphatic carbocycles. The Bertz CT molecular complexity index is 509. The highest BCUT2D eigenvalue weighted by Gasteiger charge is 2.29. The molecular weight excluding hydrogens is 232 g/mol. The van der Waals surface area contributed by atoms with E-state index in [0.717, 1.165) is 18.4 Å². The topological polar surface area (TPSA) is 67.4 Å². The zero-order valence-corrected chi connectivity index (χ0v) is 9.86. The van der Waals surface area contributed by atoms with E-state index in [-0.39, 0.29) is 24.3 Å². The van der Waals surface area contributed by atoms with Crippen LogP contribution in [0.4, 0.5) is 5.69 Å². The number of hydrogen-bond acceptors (Lipinski definition) is 3. The first-order valence-corrected chi connectivity index (χ1v) is 6.05. The number of ether oxygens (including phenoxy) is 1.